The summed E-state index contributed by atoms with van der Waals surface area (Å²) in [7, 11) is 0. The minimum Gasteiger partial charge on any atom is -0.454 e. The summed E-state index contributed by atoms with van der Waals surface area (Å²) in [5.74, 6) is -0.634. The predicted octanol–water partition coefficient (Wildman–Crippen LogP) is 3.98. The van der Waals surface area contributed by atoms with E-state index < -0.39 is 23.4 Å². The zero-order chi connectivity index (χ0) is 24.6. The molecule has 0 aromatic heterocycles. The van der Waals surface area contributed by atoms with Gasteiger partial charge in [-0.15, -0.1) is 0 Å². The second-order valence-electron chi connectivity index (χ2n) is 9.60. The molecule has 178 valence electrons. The lowest BCUT2D eigenvalue weighted by Crippen LogP contribution is -2.51. The van der Waals surface area contributed by atoms with Crippen LogP contribution in [0.25, 0.3) is 6.08 Å². The molecule has 1 spiro atoms. The maximum absolute atomic E-state index is 14.5. The van der Waals surface area contributed by atoms with Crippen LogP contribution in [0, 0.1) is 5.92 Å². The first-order valence-corrected chi connectivity index (χ1v) is 11.9. The minimum atomic E-state index is -1.29. The number of nitrogens with one attached hydrogen (secondary N) is 1. The fourth-order valence-corrected chi connectivity index (χ4v) is 6.50. The van der Waals surface area contributed by atoms with E-state index in [0.29, 0.717) is 22.7 Å². The van der Waals surface area contributed by atoms with Crippen LogP contribution < -0.4 is 19.7 Å². The summed E-state index contributed by atoms with van der Waals surface area (Å²) in [5, 5.41) is 3.02. The lowest BCUT2D eigenvalue weighted by atomic mass is 9.64. The number of benzene rings is 3. The molecule has 4 heterocycles. The Bertz CT molecular complexity index is 1510. The molecular formula is C29H22N2O5. The number of ether oxygens (including phenoxy) is 2. The summed E-state index contributed by atoms with van der Waals surface area (Å²) in [6, 6.07) is 18.9. The number of rotatable bonds is 3. The zero-order valence-corrected chi connectivity index (χ0v) is 19.4. The quantitative estimate of drug-likeness (QED) is 0.574. The van der Waals surface area contributed by atoms with Gasteiger partial charge < -0.3 is 19.7 Å². The van der Waals surface area contributed by atoms with Crippen LogP contribution in [0.3, 0.4) is 0 Å². The molecule has 3 aromatic rings. The summed E-state index contributed by atoms with van der Waals surface area (Å²) in [4.78, 5) is 43.9. The van der Waals surface area contributed by atoms with E-state index in [1.165, 1.54) is 6.92 Å². The molecule has 0 saturated carbocycles. The van der Waals surface area contributed by atoms with E-state index in [1.807, 2.05) is 65.6 Å². The van der Waals surface area contributed by atoms with Gasteiger partial charge in [-0.25, -0.2) is 0 Å². The Hall–Kier alpha value is -4.39. The highest BCUT2D eigenvalue weighted by Gasteiger charge is 2.69. The molecule has 0 aliphatic carbocycles. The van der Waals surface area contributed by atoms with Crippen molar-refractivity contribution in [3.63, 3.8) is 0 Å². The molecule has 36 heavy (non-hydrogen) atoms. The number of hydrogen-bond acceptors (Lipinski definition) is 6. The van der Waals surface area contributed by atoms with Gasteiger partial charge in [0.15, 0.2) is 23.1 Å². The molecule has 7 rings (SSSR count). The summed E-state index contributed by atoms with van der Waals surface area (Å²) >= 11 is 0. The highest BCUT2D eigenvalue weighted by molar-refractivity contribution is 6.16. The van der Waals surface area contributed by atoms with Crippen molar-refractivity contribution in [1.29, 1.82) is 0 Å². The highest BCUT2D eigenvalue weighted by atomic mass is 16.7. The van der Waals surface area contributed by atoms with Crippen LogP contribution >= 0.6 is 0 Å². The van der Waals surface area contributed by atoms with Gasteiger partial charge in [-0.3, -0.25) is 14.4 Å². The van der Waals surface area contributed by atoms with E-state index in [1.54, 1.807) is 18.2 Å². The van der Waals surface area contributed by atoms with Crippen molar-refractivity contribution in [1.82, 2.24) is 0 Å². The molecule has 1 N–H and O–H groups in total. The number of carbonyl (C=O) groups is 3. The van der Waals surface area contributed by atoms with Crippen molar-refractivity contribution in [2.24, 2.45) is 5.92 Å². The Morgan fingerprint density at radius 3 is 2.64 bits per heavy atom. The molecule has 4 atom stereocenters. The topological polar surface area (TPSA) is 84.9 Å². The normalized spacial score (nSPS) is 26.4. The first kappa shape index (κ1) is 20.9. The number of hydrogen-bond donors (Lipinski definition) is 1. The Morgan fingerprint density at radius 1 is 1.00 bits per heavy atom. The molecule has 1 saturated heterocycles. The van der Waals surface area contributed by atoms with Crippen LogP contribution in [0.1, 0.15) is 28.4 Å². The molecule has 0 bridgehead atoms. The van der Waals surface area contributed by atoms with Gasteiger partial charge in [0.1, 0.15) is 5.41 Å². The van der Waals surface area contributed by atoms with E-state index in [9.17, 15) is 14.4 Å². The van der Waals surface area contributed by atoms with Gasteiger partial charge in [-0.05, 0) is 48.4 Å². The van der Waals surface area contributed by atoms with Crippen molar-refractivity contribution < 1.29 is 23.9 Å². The predicted molar refractivity (Wildman–Crippen MR) is 133 cm³/mol. The summed E-state index contributed by atoms with van der Waals surface area (Å²) < 4.78 is 10.9. The fourth-order valence-electron chi connectivity index (χ4n) is 6.50. The first-order chi connectivity index (χ1) is 17.5. The van der Waals surface area contributed by atoms with Gasteiger partial charge in [0.2, 0.25) is 12.7 Å². The van der Waals surface area contributed by atoms with Crippen LogP contribution in [0.15, 0.2) is 72.8 Å². The van der Waals surface area contributed by atoms with Gasteiger partial charge in [-0.1, -0.05) is 48.6 Å². The third-order valence-electron chi connectivity index (χ3n) is 7.90. The molecular weight excluding hydrogens is 456 g/mol. The van der Waals surface area contributed by atoms with E-state index in [4.69, 9.17) is 9.47 Å². The van der Waals surface area contributed by atoms with E-state index in [-0.39, 0.29) is 24.3 Å². The van der Waals surface area contributed by atoms with Gasteiger partial charge in [0.25, 0.3) is 0 Å². The molecule has 4 aliphatic heterocycles. The smallest absolute Gasteiger partial charge is 0.238 e. The lowest BCUT2D eigenvalue weighted by Gasteiger charge is -2.37. The van der Waals surface area contributed by atoms with Crippen molar-refractivity contribution in [2.75, 3.05) is 17.0 Å². The second-order valence-corrected chi connectivity index (χ2v) is 9.60. The number of fused-ring (bicyclic) bond motifs is 7. The Labute approximate surface area is 207 Å². The minimum absolute atomic E-state index is 0.0869. The Kier molecular flexibility index (Phi) is 4.25. The number of anilines is 2. The van der Waals surface area contributed by atoms with Crippen molar-refractivity contribution in [3.05, 3.63) is 89.5 Å². The van der Waals surface area contributed by atoms with E-state index in [0.717, 1.165) is 16.8 Å². The fraction of sp³-hybridized carbons (Fsp3) is 0.207. The van der Waals surface area contributed by atoms with Gasteiger partial charge >= 0.3 is 0 Å². The number of ketones is 2. The van der Waals surface area contributed by atoms with Crippen LogP contribution in [0.2, 0.25) is 0 Å². The molecule has 0 radical (unpaired) electrons. The summed E-state index contributed by atoms with van der Waals surface area (Å²) in [5.41, 5.74) is 2.27. The number of nitrogens with zero attached hydrogens (tertiary/aromatic N) is 1. The van der Waals surface area contributed by atoms with Gasteiger partial charge in [0, 0.05) is 16.9 Å². The van der Waals surface area contributed by atoms with Gasteiger partial charge in [0.05, 0.1) is 18.0 Å². The average Bonchev–Trinajstić information content (AvgIpc) is 3.57. The maximum atomic E-state index is 14.5. The lowest BCUT2D eigenvalue weighted by molar-refractivity contribution is -0.122. The number of carbonyl (C=O) groups excluding carboxylic acids is 3. The van der Waals surface area contributed by atoms with Crippen molar-refractivity contribution in [2.45, 2.75) is 24.4 Å². The van der Waals surface area contributed by atoms with Crippen molar-refractivity contribution in [3.8, 4) is 11.5 Å². The first-order valence-electron chi connectivity index (χ1n) is 11.9. The standard InChI is InChI=1S/C29H22N2O5/c1-16(32)26-25(27(33)18-10-12-22-23(14-18)36-15-35-22)29(19-7-3-4-8-20(19)30-28(29)34)24-13-11-17-6-2-5-9-21(17)31(24)26/h2-14,24-26H,15H2,1H3,(H,30,34)/t24-,25-,26+,29+/m1/s1. The van der Waals surface area contributed by atoms with Crippen LogP contribution in [-0.2, 0) is 15.0 Å². The third-order valence-corrected chi connectivity index (χ3v) is 7.90. The van der Waals surface area contributed by atoms with Crippen molar-refractivity contribution >= 4 is 34.9 Å². The molecule has 0 unspecified atom stereocenters. The van der Waals surface area contributed by atoms with Crippen LogP contribution in [-0.4, -0.2) is 36.4 Å². The van der Waals surface area contributed by atoms with Crippen LogP contribution in [0.4, 0.5) is 11.4 Å². The Balaban J connectivity index is 1.50. The van der Waals surface area contributed by atoms with E-state index >= 15 is 0 Å². The number of para-hydroxylation sites is 2. The molecule has 4 aliphatic rings. The second kappa shape index (κ2) is 7.31. The average molecular weight is 479 g/mol. The summed E-state index contributed by atoms with van der Waals surface area (Å²) in [6.45, 7) is 1.59. The number of amides is 1. The molecule has 1 amide bonds. The largest absolute Gasteiger partial charge is 0.454 e. The zero-order valence-electron chi connectivity index (χ0n) is 19.4. The maximum Gasteiger partial charge on any atom is 0.238 e. The van der Waals surface area contributed by atoms with Gasteiger partial charge in [-0.2, -0.15) is 0 Å². The summed E-state index contributed by atoms with van der Waals surface area (Å²) in [6.07, 6.45) is 3.95. The molecule has 1 fully saturated rings. The highest BCUT2D eigenvalue weighted by Crippen LogP contribution is 2.57. The SMILES string of the molecule is CC(=O)[C@H]1[C@H](C(=O)c2ccc3c(c2)OCO3)[C@@]2(C(=O)Nc3ccccc32)[C@H]2C=Cc3ccccc3N12. The van der Waals surface area contributed by atoms with Crippen LogP contribution in [0.5, 0.6) is 11.5 Å². The Morgan fingerprint density at radius 2 is 1.78 bits per heavy atom. The molecule has 7 heteroatoms. The number of Topliss-reactive ketones (excluding diaryl/α,β-unsaturated/α-hetero) is 2. The molecule has 3 aromatic carbocycles. The monoisotopic (exact) mass is 478 g/mol. The third kappa shape index (κ3) is 2.54. The molecule has 7 nitrogen and oxygen atoms in total. The van der Waals surface area contributed by atoms with E-state index in [2.05, 4.69) is 5.32 Å².